The minimum absolute atomic E-state index is 0.261. The lowest BCUT2D eigenvalue weighted by Gasteiger charge is -2.10. The molecule has 0 spiro atoms. The van der Waals surface area contributed by atoms with Gasteiger partial charge in [0.1, 0.15) is 28.7 Å². The summed E-state index contributed by atoms with van der Waals surface area (Å²) in [5, 5.41) is 10.4. The molecule has 8 nitrogen and oxygen atoms in total. The maximum Gasteiger partial charge on any atom is 0.142 e. The molecule has 0 aliphatic rings. The lowest BCUT2D eigenvalue weighted by Crippen LogP contribution is -2.02. The number of H-pyrrole nitrogens is 1. The highest BCUT2D eigenvalue weighted by molar-refractivity contribution is 6.09. The van der Waals surface area contributed by atoms with Crippen molar-refractivity contribution in [2.45, 2.75) is 53.9 Å². The molecule has 5 aromatic rings. The molecule has 8 heteroatoms. The predicted molar refractivity (Wildman–Crippen MR) is 126 cm³/mol. The molecule has 0 unspecified atom stereocenters. The number of nitrogens with one attached hydrogen (secondary N) is 1. The van der Waals surface area contributed by atoms with E-state index in [-0.39, 0.29) is 5.92 Å². The number of aromatic nitrogens is 5. The van der Waals surface area contributed by atoms with Crippen LogP contribution in [-0.2, 0) is 6.42 Å². The third-order valence-corrected chi connectivity index (χ3v) is 6.17. The van der Waals surface area contributed by atoms with Crippen molar-refractivity contribution in [3.8, 4) is 16.9 Å². The van der Waals surface area contributed by atoms with Crippen LogP contribution in [0.25, 0.3) is 33.1 Å². The minimum Gasteiger partial charge on any atom is -0.496 e. The number of hydrogen-bond acceptors (Lipinski definition) is 7. The Balaban J connectivity index is 1.76. The molecule has 0 aliphatic carbocycles. The molecule has 1 aromatic carbocycles. The van der Waals surface area contributed by atoms with Crippen LogP contribution in [0.1, 0.15) is 59.8 Å². The van der Waals surface area contributed by atoms with E-state index >= 15 is 0 Å². The zero-order chi connectivity index (χ0) is 23.4. The van der Waals surface area contributed by atoms with Gasteiger partial charge in [0.05, 0.1) is 29.8 Å². The predicted octanol–water partition coefficient (Wildman–Crippen LogP) is 5.71. The van der Waals surface area contributed by atoms with Crippen molar-refractivity contribution in [1.29, 1.82) is 0 Å². The summed E-state index contributed by atoms with van der Waals surface area (Å²) in [7, 11) is 1.68. The van der Waals surface area contributed by atoms with Crippen LogP contribution in [0.4, 0.5) is 0 Å². The summed E-state index contributed by atoms with van der Waals surface area (Å²) in [4.78, 5) is 13.0. The van der Waals surface area contributed by atoms with Gasteiger partial charge >= 0.3 is 0 Å². The van der Waals surface area contributed by atoms with Crippen LogP contribution in [0.5, 0.6) is 5.75 Å². The fraction of sp³-hybridized carbons (Fsp3) is 0.360. The van der Waals surface area contributed by atoms with Gasteiger partial charge in [0.2, 0.25) is 0 Å². The summed E-state index contributed by atoms with van der Waals surface area (Å²) in [5.74, 6) is 3.29. The fourth-order valence-electron chi connectivity index (χ4n) is 4.63. The Morgan fingerprint density at radius 2 is 1.76 bits per heavy atom. The fourth-order valence-corrected chi connectivity index (χ4v) is 4.63. The van der Waals surface area contributed by atoms with Gasteiger partial charge in [-0.15, -0.1) is 0 Å². The van der Waals surface area contributed by atoms with Gasteiger partial charge < -0.3 is 18.8 Å². The van der Waals surface area contributed by atoms with Crippen molar-refractivity contribution in [2.75, 3.05) is 7.11 Å². The number of aromatic amines is 1. The Hall–Kier alpha value is -3.68. The first kappa shape index (κ1) is 21.2. The lowest BCUT2D eigenvalue weighted by atomic mass is 9.97. The number of hydrogen-bond donors (Lipinski definition) is 1. The second kappa shape index (κ2) is 7.72. The van der Waals surface area contributed by atoms with E-state index in [1.54, 1.807) is 7.11 Å². The molecule has 4 aromatic heterocycles. The van der Waals surface area contributed by atoms with Gasteiger partial charge in [-0.3, -0.25) is 0 Å². The highest BCUT2D eigenvalue weighted by atomic mass is 16.5. The summed E-state index contributed by atoms with van der Waals surface area (Å²) in [6.07, 6.45) is 0.615. The van der Waals surface area contributed by atoms with Gasteiger partial charge in [-0.2, -0.15) is 0 Å². The van der Waals surface area contributed by atoms with E-state index < -0.39 is 0 Å². The van der Waals surface area contributed by atoms with Crippen LogP contribution >= 0.6 is 0 Å². The lowest BCUT2D eigenvalue weighted by molar-refractivity contribution is 0.387. The molecule has 0 radical (unpaired) electrons. The Morgan fingerprint density at radius 1 is 1.00 bits per heavy atom. The summed E-state index contributed by atoms with van der Waals surface area (Å²) < 4.78 is 16.7. The van der Waals surface area contributed by atoms with Crippen molar-refractivity contribution in [3.05, 3.63) is 52.1 Å². The van der Waals surface area contributed by atoms with Gasteiger partial charge in [0.15, 0.2) is 0 Å². The van der Waals surface area contributed by atoms with Gasteiger partial charge in [-0.25, -0.2) is 9.97 Å². The number of rotatable bonds is 5. The van der Waals surface area contributed by atoms with Crippen molar-refractivity contribution < 1.29 is 13.8 Å². The summed E-state index contributed by atoms with van der Waals surface area (Å²) in [6, 6.07) is 4.12. The molecule has 0 fully saturated rings. The van der Waals surface area contributed by atoms with E-state index in [4.69, 9.17) is 18.8 Å². The summed E-state index contributed by atoms with van der Waals surface area (Å²) in [5.41, 5.74) is 7.42. The molecule has 0 bridgehead atoms. The zero-order valence-electron chi connectivity index (χ0n) is 20.0. The topological polar surface area (TPSA) is 103 Å². The quantitative estimate of drug-likeness (QED) is 0.369. The maximum atomic E-state index is 5.80. The Kier molecular flexibility index (Phi) is 4.96. The SMILES string of the molecule is COc1cc2c(cc1-c1c(C)noc1C)[nH]c1nc(C)nc(Cc3c(C(C)C)noc3C)c12. The third-order valence-electron chi connectivity index (χ3n) is 6.17. The molecule has 170 valence electrons. The van der Waals surface area contributed by atoms with Crippen LogP contribution in [0, 0.1) is 27.7 Å². The first-order valence-corrected chi connectivity index (χ1v) is 11.0. The number of methoxy groups -OCH3 is 1. The first-order valence-electron chi connectivity index (χ1n) is 11.0. The van der Waals surface area contributed by atoms with Crippen molar-refractivity contribution in [3.63, 3.8) is 0 Å². The van der Waals surface area contributed by atoms with E-state index in [1.807, 2.05) is 33.8 Å². The molecule has 0 atom stereocenters. The largest absolute Gasteiger partial charge is 0.496 e. The zero-order valence-corrected chi connectivity index (χ0v) is 20.0. The molecular formula is C25H27N5O3. The molecular weight excluding hydrogens is 418 g/mol. The second-order valence-corrected chi connectivity index (χ2v) is 8.80. The number of aryl methyl sites for hydroxylation is 4. The van der Waals surface area contributed by atoms with Crippen LogP contribution in [-0.4, -0.2) is 32.4 Å². The van der Waals surface area contributed by atoms with Gasteiger partial charge in [-0.1, -0.05) is 24.2 Å². The van der Waals surface area contributed by atoms with Crippen molar-refractivity contribution in [1.82, 2.24) is 25.3 Å². The smallest absolute Gasteiger partial charge is 0.142 e. The average molecular weight is 446 g/mol. The Bertz CT molecular complexity index is 1490. The summed E-state index contributed by atoms with van der Waals surface area (Å²) in [6.45, 7) is 11.9. The normalized spacial score (nSPS) is 11.9. The molecule has 0 amide bonds. The van der Waals surface area contributed by atoms with Crippen LogP contribution < -0.4 is 4.74 Å². The molecule has 33 heavy (non-hydrogen) atoms. The number of nitrogens with zero attached hydrogens (tertiary/aromatic N) is 4. The summed E-state index contributed by atoms with van der Waals surface area (Å²) >= 11 is 0. The number of benzene rings is 1. The maximum absolute atomic E-state index is 5.80. The minimum atomic E-state index is 0.261. The molecule has 1 N–H and O–H groups in total. The monoisotopic (exact) mass is 445 g/mol. The highest BCUT2D eigenvalue weighted by Crippen LogP contribution is 2.40. The number of fused-ring (bicyclic) bond motifs is 3. The average Bonchev–Trinajstić information content (AvgIpc) is 3.41. The van der Waals surface area contributed by atoms with Crippen LogP contribution in [0.2, 0.25) is 0 Å². The van der Waals surface area contributed by atoms with E-state index in [9.17, 15) is 0 Å². The van der Waals surface area contributed by atoms with Gasteiger partial charge in [-0.05, 0) is 45.7 Å². The van der Waals surface area contributed by atoms with Gasteiger partial charge in [0.25, 0.3) is 0 Å². The van der Waals surface area contributed by atoms with Crippen LogP contribution in [0.3, 0.4) is 0 Å². The molecule has 5 rings (SSSR count). The van der Waals surface area contributed by atoms with E-state index in [0.29, 0.717) is 12.2 Å². The third kappa shape index (κ3) is 3.37. The Labute approximate surface area is 191 Å². The molecule has 0 aliphatic heterocycles. The van der Waals surface area contributed by atoms with Gasteiger partial charge in [0, 0.05) is 33.8 Å². The highest BCUT2D eigenvalue weighted by Gasteiger charge is 2.22. The van der Waals surface area contributed by atoms with E-state index in [1.165, 1.54) is 0 Å². The number of ether oxygens (including phenoxy) is 1. The standard InChI is InChI=1S/C25H27N5O3/c1-11(2)24-16(13(4)32-30-24)8-20-23-17-10-21(31-7)18(22-12(3)29-33-14(22)5)9-19(17)28-25(23)27-15(6)26-20/h9-11H,8H2,1-7H3,(H,26,27,28). The van der Waals surface area contributed by atoms with Crippen molar-refractivity contribution >= 4 is 21.9 Å². The molecule has 4 heterocycles. The van der Waals surface area contributed by atoms with Crippen molar-refractivity contribution in [2.24, 2.45) is 0 Å². The molecule has 0 saturated heterocycles. The first-order chi connectivity index (χ1) is 15.8. The second-order valence-electron chi connectivity index (χ2n) is 8.80. The Morgan fingerprint density at radius 3 is 2.42 bits per heavy atom. The van der Waals surface area contributed by atoms with E-state index in [0.717, 1.165) is 73.0 Å². The van der Waals surface area contributed by atoms with Crippen LogP contribution in [0.15, 0.2) is 21.2 Å². The molecule has 0 saturated carbocycles. The van der Waals surface area contributed by atoms with E-state index in [2.05, 4.69) is 40.2 Å².